The van der Waals surface area contributed by atoms with Gasteiger partial charge in [0.15, 0.2) is 11.0 Å². The van der Waals surface area contributed by atoms with Gasteiger partial charge in [0, 0.05) is 6.20 Å². The van der Waals surface area contributed by atoms with Crippen LogP contribution in [0, 0.1) is 0 Å². The molecule has 1 aliphatic rings. The Balaban J connectivity index is 2.69. The monoisotopic (exact) mass is 240 g/mol. The van der Waals surface area contributed by atoms with Crippen molar-refractivity contribution in [1.29, 1.82) is 0 Å². The number of aliphatic imine (C=N–C) groups is 1. The van der Waals surface area contributed by atoms with Crippen molar-refractivity contribution in [2.75, 3.05) is 6.67 Å². The highest BCUT2D eigenvalue weighted by Crippen LogP contribution is 2.16. The van der Waals surface area contributed by atoms with Crippen LogP contribution in [0.5, 0.6) is 0 Å². The number of halogens is 3. The minimum atomic E-state index is -0.482. The molecule has 0 aromatic rings. The van der Waals surface area contributed by atoms with Crippen LogP contribution >= 0.6 is 27.5 Å². The Hall–Kier alpha value is -0.0900. The lowest BCUT2D eigenvalue weighted by molar-refractivity contribution is 0.371. The molecular weight excluding hydrogens is 234 g/mol. The number of allylic oxidation sites excluding steroid dienone is 1. The molecule has 1 rings (SSSR count). The van der Waals surface area contributed by atoms with Crippen LogP contribution in [0.15, 0.2) is 17.0 Å². The Morgan fingerprint density at radius 1 is 1.91 bits per heavy atom. The van der Waals surface area contributed by atoms with E-state index < -0.39 is 5.83 Å². The summed E-state index contributed by atoms with van der Waals surface area (Å²) in [6, 6.07) is 0. The quantitative estimate of drug-likeness (QED) is 0.509. The second-order valence-electron chi connectivity index (χ2n) is 2.16. The van der Waals surface area contributed by atoms with Crippen molar-refractivity contribution < 1.29 is 4.39 Å². The van der Waals surface area contributed by atoms with Gasteiger partial charge in [-0.15, -0.1) is 0 Å². The third kappa shape index (κ3) is 2.17. The van der Waals surface area contributed by atoms with Crippen molar-refractivity contribution in [3.8, 4) is 0 Å². The van der Waals surface area contributed by atoms with E-state index >= 15 is 0 Å². The summed E-state index contributed by atoms with van der Waals surface area (Å²) in [6.07, 6.45) is 1.34. The zero-order valence-corrected chi connectivity index (χ0v) is 8.23. The number of alkyl halides is 1. The fourth-order valence-electron chi connectivity index (χ4n) is 0.674. The predicted octanol–water partition coefficient (Wildman–Crippen LogP) is 2.45. The van der Waals surface area contributed by atoms with E-state index in [1.165, 1.54) is 6.20 Å². The Bertz CT molecular complexity index is 215. The molecule has 0 bridgehead atoms. The maximum atomic E-state index is 12.7. The van der Waals surface area contributed by atoms with Crippen molar-refractivity contribution in [2.24, 2.45) is 4.99 Å². The van der Waals surface area contributed by atoms with E-state index in [0.717, 1.165) is 0 Å². The van der Waals surface area contributed by atoms with E-state index in [4.69, 9.17) is 11.6 Å². The second kappa shape index (κ2) is 3.54. The highest BCUT2D eigenvalue weighted by Gasteiger charge is 2.14. The average molecular weight is 241 g/mol. The molecule has 11 heavy (non-hydrogen) atoms. The molecular formula is C6H7BrClFN2. The number of hydrogen-bond donors (Lipinski definition) is 0. The SMILES string of the molecule is CC(Br)N1C=C(F)C(Cl)=NC1. The van der Waals surface area contributed by atoms with Crippen LogP contribution in [0.4, 0.5) is 4.39 Å². The second-order valence-corrected chi connectivity index (χ2v) is 3.84. The van der Waals surface area contributed by atoms with Crippen molar-refractivity contribution >= 4 is 32.7 Å². The molecule has 0 spiro atoms. The van der Waals surface area contributed by atoms with E-state index in [-0.39, 0.29) is 10.1 Å². The molecule has 1 unspecified atom stereocenters. The standard InChI is InChI=1S/C6H7BrClFN2/c1-4(7)11-2-5(9)6(8)10-3-11/h2,4H,3H2,1H3. The first-order valence-electron chi connectivity index (χ1n) is 3.08. The van der Waals surface area contributed by atoms with E-state index in [0.29, 0.717) is 6.67 Å². The fraction of sp³-hybridized carbons (Fsp3) is 0.500. The first-order chi connectivity index (χ1) is 5.11. The Morgan fingerprint density at radius 2 is 2.55 bits per heavy atom. The smallest absolute Gasteiger partial charge is 0.175 e. The molecule has 0 saturated carbocycles. The Kier molecular flexibility index (Phi) is 2.90. The van der Waals surface area contributed by atoms with Gasteiger partial charge in [-0.2, -0.15) is 0 Å². The van der Waals surface area contributed by atoms with Crippen molar-refractivity contribution in [2.45, 2.75) is 11.9 Å². The number of rotatable bonds is 1. The third-order valence-corrected chi connectivity index (χ3v) is 2.13. The van der Waals surface area contributed by atoms with Crippen LogP contribution < -0.4 is 0 Å². The zero-order chi connectivity index (χ0) is 8.43. The lowest BCUT2D eigenvalue weighted by atomic mass is 10.5. The van der Waals surface area contributed by atoms with Gasteiger partial charge >= 0.3 is 0 Å². The first kappa shape index (κ1) is 9.00. The predicted molar refractivity (Wildman–Crippen MR) is 47.6 cm³/mol. The lowest BCUT2D eigenvalue weighted by Gasteiger charge is -2.23. The molecule has 1 heterocycles. The van der Waals surface area contributed by atoms with Gasteiger partial charge in [-0.3, -0.25) is 0 Å². The topological polar surface area (TPSA) is 15.6 Å². The van der Waals surface area contributed by atoms with Crippen LogP contribution in [-0.2, 0) is 0 Å². The molecule has 0 aromatic carbocycles. The van der Waals surface area contributed by atoms with Gasteiger partial charge in [0.2, 0.25) is 0 Å². The summed E-state index contributed by atoms with van der Waals surface area (Å²) < 4.78 is 12.7. The van der Waals surface area contributed by atoms with Gasteiger partial charge in [-0.25, -0.2) is 9.38 Å². The molecule has 0 aromatic heterocycles. The Labute approximate surface area is 77.9 Å². The molecule has 2 nitrogen and oxygen atoms in total. The van der Waals surface area contributed by atoms with Crippen LogP contribution in [0.1, 0.15) is 6.92 Å². The van der Waals surface area contributed by atoms with E-state index in [1.54, 1.807) is 4.90 Å². The summed E-state index contributed by atoms with van der Waals surface area (Å²) in [6.45, 7) is 2.29. The van der Waals surface area contributed by atoms with Gasteiger partial charge in [0.1, 0.15) is 6.67 Å². The van der Waals surface area contributed by atoms with Gasteiger partial charge in [-0.1, -0.05) is 27.5 Å². The van der Waals surface area contributed by atoms with E-state index in [1.807, 2.05) is 6.92 Å². The highest BCUT2D eigenvalue weighted by atomic mass is 79.9. The average Bonchev–Trinajstić information content (AvgIpc) is 1.94. The molecule has 0 saturated heterocycles. The summed E-state index contributed by atoms with van der Waals surface area (Å²) in [5.41, 5.74) is 0. The van der Waals surface area contributed by atoms with Crippen LogP contribution in [-0.4, -0.2) is 21.7 Å². The normalized spacial score (nSPS) is 20.9. The molecule has 1 atom stereocenters. The summed E-state index contributed by atoms with van der Waals surface area (Å²) in [4.78, 5) is 5.52. The minimum absolute atomic E-state index is 0.0469. The Morgan fingerprint density at radius 3 is 3.00 bits per heavy atom. The van der Waals surface area contributed by atoms with Gasteiger partial charge in [0.25, 0.3) is 0 Å². The molecule has 0 N–H and O–H groups in total. The maximum absolute atomic E-state index is 12.7. The molecule has 0 amide bonds. The fourth-order valence-corrected chi connectivity index (χ4v) is 1.02. The summed E-state index contributed by atoms with van der Waals surface area (Å²) in [7, 11) is 0. The molecule has 0 radical (unpaired) electrons. The van der Waals surface area contributed by atoms with Gasteiger partial charge in [0.05, 0.1) is 4.95 Å². The third-order valence-electron chi connectivity index (χ3n) is 1.31. The van der Waals surface area contributed by atoms with Crippen molar-refractivity contribution in [1.82, 2.24) is 4.90 Å². The molecule has 0 aliphatic carbocycles. The van der Waals surface area contributed by atoms with Crippen LogP contribution in [0.3, 0.4) is 0 Å². The maximum Gasteiger partial charge on any atom is 0.175 e. The summed E-state index contributed by atoms with van der Waals surface area (Å²) >= 11 is 8.69. The number of nitrogens with zero attached hydrogens (tertiary/aromatic N) is 2. The number of hydrogen-bond acceptors (Lipinski definition) is 2. The first-order valence-corrected chi connectivity index (χ1v) is 4.38. The minimum Gasteiger partial charge on any atom is -0.343 e. The molecule has 0 fully saturated rings. The van der Waals surface area contributed by atoms with E-state index in [9.17, 15) is 4.39 Å². The largest absolute Gasteiger partial charge is 0.343 e. The summed E-state index contributed by atoms with van der Waals surface area (Å²) in [5.74, 6) is -0.482. The molecule has 1 aliphatic heterocycles. The van der Waals surface area contributed by atoms with Crippen LogP contribution in [0.25, 0.3) is 0 Å². The molecule has 5 heteroatoms. The lowest BCUT2D eigenvalue weighted by Crippen LogP contribution is -2.27. The van der Waals surface area contributed by atoms with Crippen LogP contribution in [0.2, 0.25) is 0 Å². The zero-order valence-electron chi connectivity index (χ0n) is 5.89. The summed E-state index contributed by atoms with van der Waals surface area (Å²) in [5, 5.41) is -0.0469. The van der Waals surface area contributed by atoms with Crippen molar-refractivity contribution in [3.05, 3.63) is 12.0 Å². The molecule has 62 valence electrons. The van der Waals surface area contributed by atoms with Gasteiger partial charge in [-0.05, 0) is 6.92 Å². The van der Waals surface area contributed by atoms with Gasteiger partial charge < -0.3 is 4.90 Å². The van der Waals surface area contributed by atoms with Crippen molar-refractivity contribution in [3.63, 3.8) is 0 Å². The van der Waals surface area contributed by atoms with E-state index in [2.05, 4.69) is 20.9 Å². The highest BCUT2D eigenvalue weighted by molar-refractivity contribution is 9.09.